The first-order valence-electron chi connectivity index (χ1n) is 8.20. The maximum Gasteiger partial charge on any atom is 0.387 e. The molecular formula is C18H20F2N2O5S. The minimum absolute atomic E-state index is 0.0554. The summed E-state index contributed by atoms with van der Waals surface area (Å²) in [6.45, 7) is -1.52. The third-order valence-electron chi connectivity index (χ3n) is 3.63. The molecule has 0 spiro atoms. The maximum atomic E-state index is 12.3. The third-order valence-corrected chi connectivity index (χ3v) is 5.11. The van der Waals surface area contributed by atoms with E-state index in [1.165, 1.54) is 50.4 Å². The first-order chi connectivity index (χ1) is 13.2. The van der Waals surface area contributed by atoms with Crippen molar-refractivity contribution in [1.29, 1.82) is 0 Å². The van der Waals surface area contributed by atoms with E-state index < -0.39 is 16.6 Å². The Balaban J connectivity index is 1.98. The third kappa shape index (κ3) is 6.17. The van der Waals surface area contributed by atoms with Crippen LogP contribution in [0.3, 0.4) is 0 Å². The zero-order valence-electron chi connectivity index (χ0n) is 15.2. The van der Waals surface area contributed by atoms with Crippen molar-refractivity contribution in [3.63, 3.8) is 0 Å². The summed E-state index contributed by atoms with van der Waals surface area (Å²) in [4.78, 5) is 11.1. The zero-order chi connectivity index (χ0) is 20.7. The molecule has 0 saturated heterocycles. The summed E-state index contributed by atoms with van der Waals surface area (Å²) in [5.41, 5.74) is 1.17. The predicted octanol–water partition coefficient (Wildman–Crippen LogP) is 2.78. The van der Waals surface area contributed by atoms with Crippen molar-refractivity contribution < 1.29 is 31.5 Å². The van der Waals surface area contributed by atoms with Crippen molar-refractivity contribution in [2.75, 3.05) is 19.0 Å². The van der Waals surface area contributed by atoms with Crippen molar-refractivity contribution in [3.05, 3.63) is 48.0 Å². The highest BCUT2D eigenvalue weighted by Crippen LogP contribution is 2.29. The van der Waals surface area contributed by atoms with Crippen molar-refractivity contribution in [3.8, 4) is 11.5 Å². The van der Waals surface area contributed by atoms with Gasteiger partial charge in [-0.25, -0.2) is 13.1 Å². The van der Waals surface area contributed by atoms with Crippen LogP contribution in [0.5, 0.6) is 11.5 Å². The summed E-state index contributed by atoms with van der Waals surface area (Å²) >= 11 is 0. The van der Waals surface area contributed by atoms with Gasteiger partial charge < -0.3 is 14.8 Å². The van der Waals surface area contributed by atoms with Gasteiger partial charge in [0.2, 0.25) is 15.9 Å². The molecule has 0 bridgehead atoms. The summed E-state index contributed by atoms with van der Waals surface area (Å²) in [5.74, 6) is -0.218. The van der Waals surface area contributed by atoms with Gasteiger partial charge >= 0.3 is 6.61 Å². The van der Waals surface area contributed by atoms with Crippen LogP contribution < -0.4 is 19.5 Å². The second kappa shape index (κ2) is 9.47. The molecule has 0 unspecified atom stereocenters. The van der Waals surface area contributed by atoms with Crippen LogP contribution in [0.25, 0.3) is 0 Å². The Morgan fingerprint density at radius 1 is 1.11 bits per heavy atom. The molecule has 0 aromatic heterocycles. The van der Waals surface area contributed by atoms with Crippen LogP contribution in [0, 0.1) is 0 Å². The molecule has 2 rings (SSSR count). The first-order valence-corrected chi connectivity index (χ1v) is 9.68. The lowest BCUT2D eigenvalue weighted by Gasteiger charge is -2.12. The second-order valence-electron chi connectivity index (χ2n) is 5.72. The van der Waals surface area contributed by atoms with Gasteiger partial charge in [0.25, 0.3) is 0 Å². The highest BCUT2D eigenvalue weighted by atomic mass is 32.2. The maximum absolute atomic E-state index is 12.3. The number of methoxy groups -OCH3 is 1. The Hall–Kier alpha value is -2.72. The molecule has 2 aromatic carbocycles. The Kier molecular flexibility index (Phi) is 7.30. The Bertz CT molecular complexity index is 918. The number of carbonyl (C=O) groups excluding carboxylic acids is 1. The summed E-state index contributed by atoms with van der Waals surface area (Å²) in [6.07, 6.45) is 0.314. The number of anilines is 1. The highest BCUT2D eigenvalue weighted by molar-refractivity contribution is 7.89. The van der Waals surface area contributed by atoms with Crippen LogP contribution >= 0.6 is 0 Å². The minimum Gasteiger partial charge on any atom is -0.493 e. The molecule has 0 fully saturated rings. The summed E-state index contributed by atoms with van der Waals surface area (Å²) in [7, 11) is -2.41. The van der Waals surface area contributed by atoms with Gasteiger partial charge in [-0.2, -0.15) is 8.78 Å². The Labute approximate surface area is 161 Å². The topological polar surface area (TPSA) is 93.7 Å². The monoisotopic (exact) mass is 414 g/mol. The summed E-state index contributed by atoms with van der Waals surface area (Å²) in [6, 6.07) is 10.1. The van der Waals surface area contributed by atoms with Crippen LogP contribution in [0.1, 0.15) is 12.5 Å². The lowest BCUT2D eigenvalue weighted by atomic mass is 10.1. The Morgan fingerprint density at radius 3 is 2.36 bits per heavy atom. The van der Waals surface area contributed by atoms with E-state index in [1.54, 1.807) is 6.07 Å². The van der Waals surface area contributed by atoms with E-state index in [2.05, 4.69) is 14.8 Å². The van der Waals surface area contributed by atoms with E-state index in [-0.39, 0.29) is 28.8 Å². The van der Waals surface area contributed by atoms with Crippen LogP contribution in [0.2, 0.25) is 0 Å². The molecule has 0 heterocycles. The van der Waals surface area contributed by atoms with Gasteiger partial charge in [0.1, 0.15) is 0 Å². The summed E-state index contributed by atoms with van der Waals surface area (Å²) < 4.78 is 61.2. The van der Waals surface area contributed by atoms with E-state index in [9.17, 15) is 22.0 Å². The first kappa shape index (κ1) is 21.6. The lowest BCUT2D eigenvalue weighted by Crippen LogP contribution is -2.26. The molecule has 0 aliphatic heterocycles. The molecule has 2 aromatic rings. The van der Waals surface area contributed by atoms with Gasteiger partial charge in [-0.15, -0.1) is 0 Å². The number of hydrogen-bond acceptors (Lipinski definition) is 5. The van der Waals surface area contributed by atoms with Gasteiger partial charge in [-0.05, 0) is 48.4 Å². The summed E-state index contributed by atoms with van der Waals surface area (Å²) in [5, 5.41) is 2.55. The van der Waals surface area contributed by atoms with Crippen LogP contribution in [-0.4, -0.2) is 34.6 Å². The number of ether oxygens (including phenoxy) is 2. The van der Waals surface area contributed by atoms with E-state index in [1.807, 2.05) is 0 Å². The quantitative estimate of drug-likeness (QED) is 0.658. The zero-order valence-corrected chi connectivity index (χ0v) is 16.1. The van der Waals surface area contributed by atoms with Crippen molar-refractivity contribution in [1.82, 2.24) is 4.72 Å². The molecule has 0 atom stereocenters. The average Bonchev–Trinajstić information content (AvgIpc) is 2.62. The standard InChI is InChI=1S/C18H20F2N2O5S/c1-12(23)22-14-4-6-15(7-5-14)28(24,25)21-10-9-13-3-8-16(27-18(19)20)17(11-13)26-2/h3-8,11,18,21H,9-10H2,1-2H3,(H,22,23). The number of benzene rings is 2. The van der Waals surface area contributed by atoms with Crippen molar-refractivity contribution in [2.24, 2.45) is 0 Å². The number of rotatable bonds is 9. The number of alkyl halides is 2. The van der Waals surface area contributed by atoms with Gasteiger partial charge in [0.15, 0.2) is 11.5 Å². The largest absolute Gasteiger partial charge is 0.493 e. The molecule has 7 nitrogen and oxygen atoms in total. The molecule has 28 heavy (non-hydrogen) atoms. The number of halogens is 2. The van der Waals surface area contributed by atoms with Crippen LogP contribution in [0.15, 0.2) is 47.4 Å². The average molecular weight is 414 g/mol. The van der Waals surface area contributed by atoms with E-state index in [4.69, 9.17) is 4.74 Å². The highest BCUT2D eigenvalue weighted by Gasteiger charge is 2.14. The smallest absolute Gasteiger partial charge is 0.387 e. The van der Waals surface area contributed by atoms with Gasteiger partial charge in [0.05, 0.1) is 12.0 Å². The molecule has 2 N–H and O–H groups in total. The number of nitrogens with one attached hydrogen (secondary N) is 2. The molecule has 0 aliphatic carbocycles. The fraction of sp³-hybridized carbons (Fsp3) is 0.278. The molecule has 0 radical (unpaired) electrons. The number of sulfonamides is 1. The van der Waals surface area contributed by atoms with Crippen molar-refractivity contribution in [2.45, 2.75) is 24.9 Å². The van der Waals surface area contributed by atoms with Gasteiger partial charge in [-0.3, -0.25) is 4.79 Å². The fourth-order valence-corrected chi connectivity index (χ4v) is 3.43. The number of amides is 1. The Morgan fingerprint density at radius 2 is 1.79 bits per heavy atom. The van der Waals surface area contributed by atoms with Crippen molar-refractivity contribution >= 4 is 21.6 Å². The van der Waals surface area contributed by atoms with E-state index in [0.717, 1.165) is 0 Å². The molecule has 10 heteroatoms. The van der Waals surface area contributed by atoms with E-state index >= 15 is 0 Å². The van der Waals surface area contributed by atoms with Gasteiger partial charge in [-0.1, -0.05) is 6.07 Å². The molecular weight excluding hydrogens is 394 g/mol. The predicted molar refractivity (Wildman–Crippen MR) is 99.3 cm³/mol. The number of carbonyl (C=O) groups is 1. The molecule has 152 valence electrons. The molecule has 1 amide bonds. The normalized spacial score (nSPS) is 11.3. The van der Waals surface area contributed by atoms with Crippen LogP contribution in [-0.2, 0) is 21.2 Å². The van der Waals surface area contributed by atoms with Crippen LogP contribution in [0.4, 0.5) is 14.5 Å². The minimum atomic E-state index is -3.73. The number of hydrogen-bond donors (Lipinski definition) is 2. The van der Waals surface area contributed by atoms with Gasteiger partial charge in [0, 0.05) is 19.2 Å². The molecule has 0 aliphatic rings. The fourth-order valence-electron chi connectivity index (χ4n) is 2.39. The second-order valence-corrected chi connectivity index (χ2v) is 7.48. The SMILES string of the molecule is COc1cc(CCNS(=O)(=O)c2ccc(NC(C)=O)cc2)ccc1OC(F)F. The lowest BCUT2D eigenvalue weighted by molar-refractivity contribution is -0.114. The van der Waals surface area contributed by atoms with E-state index in [0.29, 0.717) is 17.7 Å². The molecule has 0 saturated carbocycles.